The summed E-state index contributed by atoms with van der Waals surface area (Å²) in [5.41, 5.74) is 10.5. The smallest absolute Gasteiger partial charge is 0.300 e. The van der Waals surface area contributed by atoms with E-state index in [4.69, 9.17) is 20.4 Å². The molecule has 160 valence electrons. The van der Waals surface area contributed by atoms with E-state index < -0.39 is 5.97 Å². The van der Waals surface area contributed by atoms with Gasteiger partial charge in [-0.25, -0.2) is 9.67 Å². The first-order valence-electron chi connectivity index (χ1n) is 9.55. The number of nitrogens with two attached hydrogens (primary N) is 1. The quantitative estimate of drug-likeness (QED) is 0.588. The van der Waals surface area contributed by atoms with Crippen molar-refractivity contribution >= 4 is 11.8 Å². The highest BCUT2D eigenvalue weighted by molar-refractivity contribution is 5.85. The normalized spacial score (nSPS) is 13.5. The number of nitrogen functional groups attached to an aromatic ring is 1. The van der Waals surface area contributed by atoms with Crippen molar-refractivity contribution in [1.29, 1.82) is 5.26 Å². The molecule has 0 spiro atoms. The number of methoxy groups -OCH3 is 1. The second-order valence-corrected chi connectivity index (χ2v) is 7.52. The van der Waals surface area contributed by atoms with Crippen LogP contribution in [0.5, 0.6) is 5.75 Å². The number of hydrogen-bond donors (Lipinski definition) is 3. The van der Waals surface area contributed by atoms with Gasteiger partial charge in [0.05, 0.1) is 24.0 Å². The van der Waals surface area contributed by atoms with E-state index in [2.05, 4.69) is 35.3 Å². The van der Waals surface area contributed by atoms with Crippen molar-refractivity contribution in [1.82, 2.24) is 20.1 Å². The lowest BCUT2D eigenvalue weighted by atomic mass is 9.90. The summed E-state index contributed by atoms with van der Waals surface area (Å²) in [6.07, 6.45) is 3.58. The van der Waals surface area contributed by atoms with Gasteiger partial charge < -0.3 is 20.9 Å². The Labute approximate surface area is 180 Å². The van der Waals surface area contributed by atoms with Crippen LogP contribution in [-0.2, 0) is 16.9 Å². The SMILES string of the molecule is CC(=O)O.COc1ccc(-n2cccn2)c(-c2c(C#N)c(N)nc3c2CNC3(C)C)c1. The monoisotopic (exact) mass is 420 g/mol. The molecule has 0 saturated carbocycles. The van der Waals surface area contributed by atoms with Crippen LogP contribution in [0.15, 0.2) is 36.7 Å². The summed E-state index contributed by atoms with van der Waals surface area (Å²) >= 11 is 0. The van der Waals surface area contributed by atoms with E-state index in [-0.39, 0.29) is 11.4 Å². The van der Waals surface area contributed by atoms with Gasteiger partial charge in [-0.05, 0) is 43.7 Å². The predicted molar refractivity (Wildman–Crippen MR) is 116 cm³/mol. The van der Waals surface area contributed by atoms with Crippen LogP contribution in [0.2, 0.25) is 0 Å². The highest BCUT2D eigenvalue weighted by atomic mass is 16.5. The number of carboxylic acid groups (broad SMARTS) is 1. The molecule has 4 rings (SSSR count). The van der Waals surface area contributed by atoms with Gasteiger partial charge in [0.1, 0.15) is 23.2 Å². The van der Waals surface area contributed by atoms with Crippen molar-refractivity contribution in [2.24, 2.45) is 0 Å². The minimum Gasteiger partial charge on any atom is -0.497 e. The van der Waals surface area contributed by atoms with Gasteiger partial charge in [0.15, 0.2) is 0 Å². The molecule has 3 heterocycles. The molecular weight excluding hydrogens is 396 g/mol. The molecule has 0 amide bonds. The Kier molecular flexibility index (Phi) is 5.95. The number of anilines is 1. The Morgan fingerprint density at radius 2 is 2.13 bits per heavy atom. The van der Waals surface area contributed by atoms with Gasteiger partial charge in [0.25, 0.3) is 5.97 Å². The van der Waals surface area contributed by atoms with Crippen LogP contribution in [0.4, 0.5) is 5.82 Å². The van der Waals surface area contributed by atoms with Crippen LogP contribution in [0, 0.1) is 11.3 Å². The third-order valence-corrected chi connectivity index (χ3v) is 4.96. The molecule has 2 aromatic heterocycles. The minimum atomic E-state index is -0.833. The van der Waals surface area contributed by atoms with Gasteiger partial charge in [-0.2, -0.15) is 10.4 Å². The third kappa shape index (κ3) is 4.20. The first-order valence-corrected chi connectivity index (χ1v) is 9.55. The molecule has 31 heavy (non-hydrogen) atoms. The standard InChI is InChI=1S/C20H20N6O.C2H4O2/c1-20(2)18-15(11-23-20)17(14(10-21)19(22)25-18)13-9-12(27-3)5-6-16(13)26-8-4-7-24-26;1-2(3)4/h4-9,23H,11H2,1-3H3,(H2,22,25);1H3,(H,3,4). The number of fused-ring (bicyclic) bond motifs is 1. The van der Waals surface area contributed by atoms with Gasteiger partial charge in [-0.1, -0.05) is 0 Å². The molecule has 1 aliphatic rings. The summed E-state index contributed by atoms with van der Waals surface area (Å²) in [4.78, 5) is 13.5. The number of aliphatic carboxylic acids is 1. The molecule has 0 unspecified atom stereocenters. The maximum atomic E-state index is 9.83. The highest BCUT2D eigenvalue weighted by Gasteiger charge is 2.35. The summed E-state index contributed by atoms with van der Waals surface area (Å²) in [7, 11) is 1.62. The number of rotatable bonds is 3. The Balaban J connectivity index is 0.000000628. The van der Waals surface area contributed by atoms with Crippen LogP contribution < -0.4 is 15.8 Å². The molecule has 0 fully saturated rings. The molecule has 4 N–H and O–H groups in total. The van der Waals surface area contributed by atoms with Crippen LogP contribution in [0.1, 0.15) is 37.6 Å². The fraction of sp³-hybridized carbons (Fsp3) is 0.273. The number of nitrogens with one attached hydrogen (secondary N) is 1. The number of ether oxygens (including phenoxy) is 1. The molecule has 0 atom stereocenters. The van der Waals surface area contributed by atoms with Crippen LogP contribution >= 0.6 is 0 Å². The molecule has 3 aromatic rings. The predicted octanol–water partition coefficient (Wildman–Crippen LogP) is 2.83. The topological polar surface area (TPSA) is 139 Å². The van der Waals surface area contributed by atoms with Gasteiger partial charge in [-0.3, -0.25) is 4.79 Å². The van der Waals surface area contributed by atoms with Crippen LogP contribution in [-0.4, -0.2) is 33.0 Å². The molecule has 1 aromatic carbocycles. The Morgan fingerprint density at radius 3 is 2.71 bits per heavy atom. The first-order chi connectivity index (χ1) is 14.7. The van der Waals surface area contributed by atoms with E-state index in [1.807, 2.05) is 30.5 Å². The van der Waals surface area contributed by atoms with Crippen molar-refractivity contribution in [2.75, 3.05) is 12.8 Å². The molecule has 0 aliphatic carbocycles. The van der Waals surface area contributed by atoms with Crippen molar-refractivity contribution in [3.05, 3.63) is 53.5 Å². The second-order valence-electron chi connectivity index (χ2n) is 7.52. The zero-order valence-corrected chi connectivity index (χ0v) is 17.8. The zero-order chi connectivity index (χ0) is 22.8. The fourth-order valence-corrected chi connectivity index (χ4v) is 3.59. The van der Waals surface area contributed by atoms with Crippen LogP contribution in [0.25, 0.3) is 16.8 Å². The number of nitriles is 1. The van der Waals surface area contributed by atoms with E-state index in [0.717, 1.165) is 35.0 Å². The van der Waals surface area contributed by atoms with Crippen molar-refractivity contribution in [3.8, 4) is 28.6 Å². The lowest BCUT2D eigenvalue weighted by Gasteiger charge is -2.21. The molecule has 0 saturated heterocycles. The van der Waals surface area contributed by atoms with Crippen molar-refractivity contribution < 1.29 is 14.6 Å². The second kappa shape index (κ2) is 8.45. The van der Waals surface area contributed by atoms with Crippen molar-refractivity contribution in [3.63, 3.8) is 0 Å². The number of benzene rings is 1. The van der Waals surface area contributed by atoms with E-state index in [0.29, 0.717) is 17.9 Å². The maximum Gasteiger partial charge on any atom is 0.300 e. The molecule has 0 radical (unpaired) electrons. The lowest BCUT2D eigenvalue weighted by Crippen LogP contribution is -2.29. The summed E-state index contributed by atoms with van der Waals surface area (Å²) in [6.45, 7) is 5.80. The molecule has 0 bridgehead atoms. The fourth-order valence-electron chi connectivity index (χ4n) is 3.59. The lowest BCUT2D eigenvalue weighted by molar-refractivity contribution is -0.134. The summed E-state index contributed by atoms with van der Waals surface area (Å²) < 4.78 is 7.21. The molecule has 9 nitrogen and oxygen atoms in total. The Morgan fingerprint density at radius 1 is 1.42 bits per heavy atom. The minimum absolute atomic E-state index is 0.234. The van der Waals surface area contributed by atoms with Gasteiger partial charge in [-0.15, -0.1) is 0 Å². The molecular formula is C22H24N6O3. The first kappa shape index (κ1) is 21.8. The average Bonchev–Trinajstić information content (AvgIpc) is 3.35. The largest absolute Gasteiger partial charge is 0.497 e. The summed E-state index contributed by atoms with van der Waals surface area (Å²) in [6, 6.07) is 9.82. The average molecular weight is 420 g/mol. The van der Waals surface area contributed by atoms with Gasteiger partial charge in [0.2, 0.25) is 0 Å². The summed E-state index contributed by atoms with van der Waals surface area (Å²) in [5.74, 6) is 0.0939. The van der Waals surface area contributed by atoms with Gasteiger partial charge in [0, 0.05) is 37.0 Å². The van der Waals surface area contributed by atoms with E-state index >= 15 is 0 Å². The van der Waals surface area contributed by atoms with Crippen LogP contribution in [0.3, 0.4) is 0 Å². The molecule has 9 heteroatoms. The maximum absolute atomic E-state index is 9.83. The van der Waals surface area contributed by atoms with E-state index in [1.54, 1.807) is 18.0 Å². The van der Waals surface area contributed by atoms with E-state index in [1.165, 1.54) is 0 Å². The highest BCUT2D eigenvalue weighted by Crippen LogP contribution is 2.42. The van der Waals surface area contributed by atoms with E-state index in [9.17, 15) is 5.26 Å². The number of nitrogens with zero attached hydrogens (tertiary/aromatic N) is 4. The number of aromatic nitrogens is 3. The molecule has 1 aliphatic heterocycles. The summed E-state index contributed by atoms with van der Waals surface area (Å²) in [5, 5.41) is 25.1. The zero-order valence-electron chi connectivity index (χ0n) is 17.8. The third-order valence-electron chi connectivity index (χ3n) is 4.96. The van der Waals surface area contributed by atoms with Crippen molar-refractivity contribution in [2.45, 2.75) is 32.9 Å². The number of hydrogen-bond acceptors (Lipinski definition) is 7. The van der Waals surface area contributed by atoms with Gasteiger partial charge >= 0.3 is 0 Å². The Bertz CT molecular complexity index is 1160. The number of carboxylic acids is 1. The number of pyridine rings is 1. The Hall–Kier alpha value is -3.90. The number of carbonyl (C=O) groups is 1.